The molecule has 8 nitrogen and oxygen atoms in total. The lowest BCUT2D eigenvalue weighted by Gasteiger charge is -2.41. The second-order valence-corrected chi connectivity index (χ2v) is 12.6. The van der Waals surface area contributed by atoms with Crippen molar-refractivity contribution in [3.8, 4) is 17.2 Å². The Bertz CT molecular complexity index is 1500. The Balaban J connectivity index is 1.36. The van der Waals surface area contributed by atoms with Gasteiger partial charge in [-0.15, -0.1) is 0 Å². The van der Waals surface area contributed by atoms with Gasteiger partial charge in [0.15, 0.2) is 11.5 Å². The fourth-order valence-electron chi connectivity index (χ4n) is 6.94. The van der Waals surface area contributed by atoms with Crippen molar-refractivity contribution >= 4 is 35.1 Å². The van der Waals surface area contributed by atoms with Gasteiger partial charge in [0.1, 0.15) is 0 Å². The third-order valence-corrected chi connectivity index (χ3v) is 10.3. The molecule has 2 aliphatic heterocycles. The smallest absolute Gasteiger partial charge is 0.316 e. The van der Waals surface area contributed by atoms with Gasteiger partial charge in [-0.05, 0) is 80.7 Å². The van der Waals surface area contributed by atoms with Crippen LogP contribution >= 0.6 is 23.2 Å². The number of rotatable bonds is 10. The van der Waals surface area contributed by atoms with Crippen LogP contribution in [0.15, 0.2) is 60.7 Å². The molecule has 2 heterocycles. The molecule has 0 radical (unpaired) electrons. The summed E-state index contributed by atoms with van der Waals surface area (Å²) in [5, 5.41) is 0.988. The zero-order valence-corrected chi connectivity index (χ0v) is 27.7. The largest absolute Gasteiger partial charge is 0.493 e. The molecule has 2 aliphatic rings. The lowest BCUT2D eigenvalue weighted by atomic mass is 9.72. The van der Waals surface area contributed by atoms with Crippen LogP contribution in [0.3, 0.4) is 0 Å². The van der Waals surface area contributed by atoms with Crippen molar-refractivity contribution in [1.29, 1.82) is 0 Å². The Morgan fingerprint density at radius 3 is 2.02 bits per heavy atom. The van der Waals surface area contributed by atoms with E-state index in [2.05, 4.69) is 4.90 Å². The van der Waals surface area contributed by atoms with Gasteiger partial charge in [-0.25, -0.2) is 0 Å². The van der Waals surface area contributed by atoms with Crippen molar-refractivity contribution in [2.24, 2.45) is 0 Å². The number of halogens is 2. The molecule has 1 amide bonds. The van der Waals surface area contributed by atoms with Gasteiger partial charge in [-0.2, -0.15) is 0 Å². The predicted octanol–water partition coefficient (Wildman–Crippen LogP) is 6.40. The standard InChI is InChI=1S/C35H40Cl2N2O6/c1-42-29-20-24(21-30(43-2)31(29)44-3)32(40)39-19-13-34(23-39,26-10-11-27(36)28(37)22-26)12-16-38-17-14-35(15-18-38,33(41)45-4)25-8-6-5-7-9-25/h5-11,20-22H,12-19,23H2,1-4H3. The normalized spacial score (nSPS) is 19.6. The number of likely N-dealkylation sites (tertiary alicyclic amines) is 2. The van der Waals surface area contributed by atoms with Gasteiger partial charge in [0.25, 0.3) is 5.91 Å². The summed E-state index contributed by atoms with van der Waals surface area (Å²) in [5.74, 6) is 1.00. The molecule has 1 atom stereocenters. The minimum absolute atomic E-state index is 0.111. The van der Waals surface area contributed by atoms with Crippen molar-refractivity contribution in [3.63, 3.8) is 0 Å². The Morgan fingerprint density at radius 2 is 1.44 bits per heavy atom. The molecule has 45 heavy (non-hydrogen) atoms. The van der Waals surface area contributed by atoms with E-state index in [-0.39, 0.29) is 17.3 Å². The number of ether oxygens (including phenoxy) is 4. The third-order valence-electron chi connectivity index (χ3n) is 9.60. The van der Waals surface area contributed by atoms with E-state index in [1.807, 2.05) is 53.4 Å². The number of nitrogens with zero attached hydrogens (tertiary/aromatic N) is 2. The van der Waals surface area contributed by atoms with E-state index in [0.29, 0.717) is 58.8 Å². The highest BCUT2D eigenvalue weighted by Crippen LogP contribution is 2.43. The Labute approximate surface area is 275 Å². The summed E-state index contributed by atoms with van der Waals surface area (Å²) < 4.78 is 21.7. The zero-order chi connectivity index (χ0) is 32.2. The van der Waals surface area contributed by atoms with Crippen LogP contribution in [0.4, 0.5) is 0 Å². The van der Waals surface area contributed by atoms with E-state index in [1.54, 1.807) is 12.1 Å². The van der Waals surface area contributed by atoms with E-state index in [9.17, 15) is 9.59 Å². The molecular formula is C35H40Cl2N2O6. The molecule has 1 unspecified atom stereocenters. The molecule has 0 aliphatic carbocycles. The van der Waals surface area contributed by atoms with E-state index < -0.39 is 5.41 Å². The van der Waals surface area contributed by atoms with Gasteiger partial charge in [-0.3, -0.25) is 9.59 Å². The maximum atomic E-state index is 13.9. The number of amides is 1. The minimum Gasteiger partial charge on any atom is -0.493 e. The first-order chi connectivity index (χ1) is 21.7. The van der Waals surface area contributed by atoms with Crippen LogP contribution in [0.25, 0.3) is 0 Å². The number of hydrogen-bond acceptors (Lipinski definition) is 7. The molecule has 0 spiro atoms. The van der Waals surface area contributed by atoms with E-state index in [1.165, 1.54) is 28.4 Å². The second kappa shape index (κ2) is 13.9. The second-order valence-electron chi connectivity index (χ2n) is 11.8. The number of hydrogen-bond donors (Lipinski definition) is 0. The maximum absolute atomic E-state index is 13.9. The van der Waals surface area contributed by atoms with Crippen LogP contribution in [-0.4, -0.2) is 82.8 Å². The topological polar surface area (TPSA) is 77.5 Å². The van der Waals surface area contributed by atoms with Gasteiger partial charge in [0, 0.05) is 24.1 Å². The van der Waals surface area contributed by atoms with Gasteiger partial charge in [0.2, 0.25) is 5.75 Å². The van der Waals surface area contributed by atoms with Crippen molar-refractivity contribution < 1.29 is 28.5 Å². The van der Waals surface area contributed by atoms with Crippen LogP contribution in [-0.2, 0) is 20.4 Å². The first-order valence-corrected chi connectivity index (χ1v) is 15.9. The summed E-state index contributed by atoms with van der Waals surface area (Å²) in [4.78, 5) is 31.3. The molecule has 5 rings (SSSR count). The first-order valence-electron chi connectivity index (χ1n) is 15.1. The molecule has 3 aromatic rings. The number of methoxy groups -OCH3 is 4. The van der Waals surface area contributed by atoms with Crippen molar-refractivity contribution in [2.75, 3.05) is 61.2 Å². The SMILES string of the molecule is COC(=O)C1(c2ccccc2)CCN(CCC2(c3ccc(Cl)c(Cl)c3)CCN(C(=O)c3cc(OC)c(OC)c(OC)c3)C2)CC1. The average molecular weight is 656 g/mol. The summed E-state index contributed by atoms with van der Waals surface area (Å²) in [6.45, 7) is 3.42. The highest BCUT2D eigenvalue weighted by atomic mass is 35.5. The van der Waals surface area contributed by atoms with Crippen LogP contribution in [0, 0.1) is 0 Å². The maximum Gasteiger partial charge on any atom is 0.316 e. The summed E-state index contributed by atoms with van der Waals surface area (Å²) >= 11 is 12.8. The predicted molar refractivity (Wildman–Crippen MR) is 175 cm³/mol. The van der Waals surface area contributed by atoms with Crippen molar-refractivity contribution in [2.45, 2.75) is 36.5 Å². The molecule has 240 valence electrons. The number of esters is 1. The van der Waals surface area contributed by atoms with Crippen molar-refractivity contribution in [3.05, 3.63) is 87.4 Å². The van der Waals surface area contributed by atoms with Gasteiger partial charge >= 0.3 is 5.97 Å². The Morgan fingerprint density at radius 1 is 0.778 bits per heavy atom. The Kier molecular flexibility index (Phi) is 10.2. The average Bonchev–Trinajstić information content (AvgIpc) is 3.53. The summed E-state index contributed by atoms with van der Waals surface area (Å²) in [6.07, 6.45) is 2.93. The fourth-order valence-corrected chi connectivity index (χ4v) is 7.23. The first kappa shape index (κ1) is 32.9. The summed E-state index contributed by atoms with van der Waals surface area (Å²) in [6, 6.07) is 19.1. The van der Waals surface area contributed by atoms with Gasteiger partial charge < -0.3 is 28.7 Å². The Hall–Kier alpha value is -3.46. The van der Waals surface area contributed by atoms with Crippen molar-refractivity contribution in [1.82, 2.24) is 9.80 Å². The van der Waals surface area contributed by atoms with E-state index in [0.717, 1.165) is 43.6 Å². The molecule has 0 bridgehead atoms. The van der Waals surface area contributed by atoms with Crippen LogP contribution in [0.5, 0.6) is 17.2 Å². The number of piperidine rings is 1. The third kappa shape index (κ3) is 6.46. The fraction of sp³-hybridized carbons (Fsp3) is 0.429. The molecular weight excluding hydrogens is 615 g/mol. The molecule has 2 fully saturated rings. The lowest BCUT2D eigenvalue weighted by molar-refractivity contribution is -0.149. The van der Waals surface area contributed by atoms with Gasteiger partial charge in [0.05, 0.1) is 43.9 Å². The van der Waals surface area contributed by atoms with Crippen LogP contribution < -0.4 is 14.2 Å². The zero-order valence-electron chi connectivity index (χ0n) is 26.2. The van der Waals surface area contributed by atoms with E-state index in [4.69, 9.17) is 42.1 Å². The van der Waals surface area contributed by atoms with E-state index >= 15 is 0 Å². The monoisotopic (exact) mass is 654 g/mol. The molecule has 2 saturated heterocycles. The summed E-state index contributed by atoms with van der Waals surface area (Å²) in [7, 11) is 6.07. The number of benzene rings is 3. The quantitative estimate of drug-likeness (QED) is 0.234. The van der Waals surface area contributed by atoms with Gasteiger partial charge in [-0.1, -0.05) is 59.6 Å². The molecule has 0 saturated carbocycles. The molecule has 0 N–H and O–H groups in total. The summed E-state index contributed by atoms with van der Waals surface area (Å²) in [5.41, 5.74) is 1.54. The lowest BCUT2D eigenvalue weighted by Crippen LogP contribution is -2.48. The van der Waals surface area contributed by atoms with Crippen LogP contribution in [0.1, 0.15) is 47.2 Å². The highest BCUT2D eigenvalue weighted by molar-refractivity contribution is 6.42. The highest BCUT2D eigenvalue weighted by Gasteiger charge is 2.46. The molecule has 0 aromatic heterocycles. The molecule has 3 aromatic carbocycles. The number of carbonyl (C=O) groups excluding carboxylic acids is 2. The minimum atomic E-state index is -0.648. The molecule has 10 heteroatoms. The van der Waals surface area contributed by atoms with Crippen LogP contribution in [0.2, 0.25) is 10.0 Å². The number of carbonyl (C=O) groups is 2.